The molecule has 1 fully saturated rings. The molecule has 1 saturated carbocycles. The minimum atomic E-state index is -0.322. The van der Waals surface area contributed by atoms with Crippen LogP contribution in [0.3, 0.4) is 0 Å². The third-order valence-corrected chi connectivity index (χ3v) is 5.67. The molecular weight excluding hydrogens is 364 g/mol. The molecule has 1 amide bonds. The standard InChI is InChI=1S/C23H20N4O2/c28-22-6-2-1-5-17(22)21-13-20(16-4-3-9-25-14-16)26-27(21)23(29)19-12-18(19)15-7-10-24-11-8-15/h1-11,14,18-19,21,28H,12-13H2/t18-,19+,21?/m1/s1. The van der Waals surface area contributed by atoms with Crippen molar-refractivity contribution in [3.05, 3.63) is 90.0 Å². The highest BCUT2D eigenvalue weighted by atomic mass is 16.3. The topological polar surface area (TPSA) is 78.7 Å². The average molecular weight is 384 g/mol. The molecule has 3 atom stereocenters. The van der Waals surface area contributed by atoms with Crippen LogP contribution in [0, 0.1) is 5.92 Å². The summed E-state index contributed by atoms with van der Waals surface area (Å²) in [5, 5.41) is 16.7. The van der Waals surface area contributed by atoms with Gasteiger partial charge in [-0.1, -0.05) is 24.3 Å². The lowest BCUT2D eigenvalue weighted by molar-refractivity contribution is -0.134. The molecule has 144 valence electrons. The molecule has 0 radical (unpaired) electrons. The van der Waals surface area contributed by atoms with E-state index in [4.69, 9.17) is 0 Å². The van der Waals surface area contributed by atoms with Gasteiger partial charge < -0.3 is 5.11 Å². The van der Waals surface area contributed by atoms with E-state index in [1.807, 2.05) is 36.4 Å². The van der Waals surface area contributed by atoms with Gasteiger partial charge in [-0.25, -0.2) is 5.01 Å². The molecule has 1 aliphatic carbocycles. The molecule has 0 bridgehead atoms. The number of carbonyl (C=O) groups is 1. The van der Waals surface area contributed by atoms with E-state index < -0.39 is 0 Å². The Labute approximate surface area is 168 Å². The Hall–Kier alpha value is -3.54. The summed E-state index contributed by atoms with van der Waals surface area (Å²) in [6.07, 6.45) is 8.34. The predicted octanol–water partition coefficient (Wildman–Crippen LogP) is 3.66. The second-order valence-electron chi connectivity index (χ2n) is 7.48. The molecule has 6 nitrogen and oxygen atoms in total. The van der Waals surface area contributed by atoms with E-state index in [0.29, 0.717) is 12.0 Å². The molecule has 6 heteroatoms. The lowest BCUT2D eigenvalue weighted by Gasteiger charge is -2.23. The Morgan fingerprint density at radius 3 is 2.59 bits per heavy atom. The highest BCUT2D eigenvalue weighted by molar-refractivity contribution is 6.03. The van der Waals surface area contributed by atoms with Crippen LogP contribution in [0.4, 0.5) is 0 Å². The van der Waals surface area contributed by atoms with E-state index in [1.54, 1.807) is 41.9 Å². The van der Waals surface area contributed by atoms with E-state index in [1.165, 1.54) is 0 Å². The molecule has 1 aromatic carbocycles. The van der Waals surface area contributed by atoms with Crippen LogP contribution in [-0.4, -0.2) is 31.7 Å². The summed E-state index contributed by atoms with van der Waals surface area (Å²) in [7, 11) is 0. The van der Waals surface area contributed by atoms with Gasteiger partial charge in [-0.15, -0.1) is 0 Å². The van der Waals surface area contributed by atoms with Gasteiger partial charge in [0.1, 0.15) is 5.75 Å². The van der Waals surface area contributed by atoms with Crippen molar-refractivity contribution in [3.63, 3.8) is 0 Å². The van der Waals surface area contributed by atoms with Crippen LogP contribution >= 0.6 is 0 Å². The lowest BCUT2D eigenvalue weighted by Crippen LogP contribution is -2.28. The van der Waals surface area contributed by atoms with Gasteiger partial charge in [-0.05, 0) is 42.2 Å². The third-order valence-electron chi connectivity index (χ3n) is 5.67. The minimum absolute atomic E-state index is 0.000967. The number of rotatable bonds is 4. The molecule has 1 aliphatic heterocycles. The maximum atomic E-state index is 13.4. The average Bonchev–Trinajstić information content (AvgIpc) is 3.46. The summed E-state index contributed by atoms with van der Waals surface area (Å²) in [6.45, 7) is 0. The summed E-state index contributed by atoms with van der Waals surface area (Å²) < 4.78 is 0. The van der Waals surface area contributed by atoms with Gasteiger partial charge in [-0.2, -0.15) is 5.10 Å². The van der Waals surface area contributed by atoms with Gasteiger partial charge in [0.2, 0.25) is 5.91 Å². The number of amides is 1. The molecule has 29 heavy (non-hydrogen) atoms. The van der Waals surface area contributed by atoms with Crippen LogP contribution in [0.5, 0.6) is 5.75 Å². The molecule has 1 unspecified atom stereocenters. The monoisotopic (exact) mass is 384 g/mol. The first-order valence-corrected chi connectivity index (χ1v) is 9.71. The van der Waals surface area contributed by atoms with Crippen molar-refractivity contribution in [3.8, 4) is 5.75 Å². The Bertz CT molecular complexity index is 1070. The Morgan fingerprint density at radius 2 is 1.83 bits per heavy atom. The van der Waals surface area contributed by atoms with Gasteiger partial charge in [0, 0.05) is 48.3 Å². The van der Waals surface area contributed by atoms with Crippen molar-refractivity contribution in [1.29, 1.82) is 0 Å². The smallest absolute Gasteiger partial charge is 0.247 e. The van der Waals surface area contributed by atoms with E-state index in [-0.39, 0.29) is 29.5 Å². The maximum Gasteiger partial charge on any atom is 0.247 e. The molecule has 2 aliphatic rings. The van der Waals surface area contributed by atoms with Crippen LogP contribution < -0.4 is 0 Å². The van der Waals surface area contributed by atoms with Crippen molar-refractivity contribution in [2.24, 2.45) is 11.0 Å². The first kappa shape index (κ1) is 17.6. The molecule has 2 aromatic heterocycles. The Balaban J connectivity index is 1.46. The van der Waals surface area contributed by atoms with Crippen molar-refractivity contribution in [2.45, 2.75) is 24.8 Å². The van der Waals surface area contributed by atoms with Crippen molar-refractivity contribution in [1.82, 2.24) is 15.0 Å². The summed E-state index contributed by atoms with van der Waals surface area (Å²) in [5.41, 5.74) is 3.54. The van der Waals surface area contributed by atoms with E-state index >= 15 is 0 Å². The molecule has 0 saturated heterocycles. The van der Waals surface area contributed by atoms with E-state index in [2.05, 4.69) is 15.1 Å². The lowest BCUT2D eigenvalue weighted by atomic mass is 9.98. The van der Waals surface area contributed by atoms with Crippen molar-refractivity contribution >= 4 is 11.6 Å². The molecule has 1 N–H and O–H groups in total. The van der Waals surface area contributed by atoms with Crippen molar-refractivity contribution < 1.29 is 9.90 Å². The number of phenols is 1. The molecule has 3 aromatic rings. The highest BCUT2D eigenvalue weighted by Gasteiger charge is 2.48. The van der Waals surface area contributed by atoms with Gasteiger partial charge in [-0.3, -0.25) is 14.8 Å². The quantitative estimate of drug-likeness (QED) is 0.744. The van der Waals surface area contributed by atoms with Gasteiger partial charge in [0.05, 0.1) is 11.8 Å². The number of benzene rings is 1. The third kappa shape index (κ3) is 3.27. The zero-order valence-electron chi connectivity index (χ0n) is 15.7. The summed E-state index contributed by atoms with van der Waals surface area (Å²) >= 11 is 0. The van der Waals surface area contributed by atoms with Crippen LogP contribution in [0.2, 0.25) is 0 Å². The highest BCUT2D eigenvalue weighted by Crippen LogP contribution is 2.50. The molecule has 5 rings (SSSR count). The number of hydrogen-bond donors (Lipinski definition) is 1. The largest absolute Gasteiger partial charge is 0.508 e. The van der Waals surface area contributed by atoms with Gasteiger partial charge in [0.25, 0.3) is 0 Å². The van der Waals surface area contributed by atoms with E-state index in [0.717, 1.165) is 23.3 Å². The first-order chi connectivity index (χ1) is 14.2. The summed E-state index contributed by atoms with van der Waals surface area (Å²) in [5.74, 6) is 0.286. The Kier molecular flexibility index (Phi) is 4.31. The fourth-order valence-electron chi connectivity index (χ4n) is 4.05. The fourth-order valence-corrected chi connectivity index (χ4v) is 4.05. The van der Waals surface area contributed by atoms with Crippen molar-refractivity contribution in [2.75, 3.05) is 0 Å². The predicted molar refractivity (Wildman–Crippen MR) is 108 cm³/mol. The van der Waals surface area contributed by atoms with Gasteiger partial charge >= 0.3 is 0 Å². The number of hydrogen-bond acceptors (Lipinski definition) is 5. The normalized spacial score (nSPS) is 23.0. The zero-order valence-corrected chi connectivity index (χ0v) is 15.7. The maximum absolute atomic E-state index is 13.4. The number of para-hydroxylation sites is 1. The second-order valence-corrected chi connectivity index (χ2v) is 7.48. The molecule has 3 heterocycles. The van der Waals surface area contributed by atoms with Gasteiger partial charge in [0.15, 0.2) is 0 Å². The zero-order chi connectivity index (χ0) is 19.8. The Morgan fingerprint density at radius 1 is 1.00 bits per heavy atom. The van der Waals surface area contributed by atoms with Crippen LogP contribution in [-0.2, 0) is 4.79 Å². The number of carbonyl (C=O) groups excluding carboxylic acids is 1. The second kappa shape index (κ2) is 7.13. The van der Waals surface area contributed by atoms with E-state index in [9.17, 15) is 9.90 Å². The number of aromatic hydroxyl groups is 1. The number of hydrazone groups is 1. The minimum Gasteiger partial charge on any atom is -0.508 e. The summed E-state index contributed by atoms with van der Waals surface area (Å²) in [6, 6.07) is 14.6. The number of phenolic OH excluding ortho intramolecular Hbond substituents is 1. The number of pyridine rings is 2. The summed E-state index contributed by atoms with van der Waals surface area (Å²) in [4.78, 5) is 21.6. The first-order valence-electron chi connectivity index (χ1n) is 9.71. The van der Waals surface area contributed by atoms with Crippen LogP contribution in [0.1, 0.15) is 41.5 Å². The van der Waals surface area contributed by atoms with Crippen LogP contribution in [0.15, 0.2) is 78.4 Å². The molecule has 0 spiro atoms. The fraction of sp³-hybridized carbons (Fsp3) is 0.217. The van der Waals surface area contributed by atoms with Crippen LogP contribution in [0.25, 0.3) is 0 Å². The SMILES string of the molecule is O=C([C@H]1C[C@@H]1c1ccncc1)N1N=C(c2cccnc2)CC1c1ccccc1O. The molecular formula is C23H20N4O2. The number of aromatic nitrogens is 2. The number of nitrogens with zero attached hydrogens (tertiary/aromatic N) is 4.